The van der Waals surface area contributed by atoms with Crippen LogP contribution < -0.4 is 15.8 Å². The highest BCUT2D eigenvalue weighted by Crippen LogP contribution is 2.24. The van der Waals surface area contributed by atoms with E-state index in [1.807, 2.05) is 0 Å². The van der Waals surface area contributed by atoms with Gasteiger partial charge in [-0.1, -0.05) is 0 Å². The molecule has 0 saturated heterocycles. The largest absolute Gasteiger partial charge is 0.495 e. The van der Waals surface area contributed by atoms with Crippen molar-refractivity contribution >= 4 is 11.4 Å². The predicted octanol–water partition coefficient (Wildman–Crippen LogP) is 0.000000000000000111. The number of aliphatic hydroxyl groups excluding tert-OH is 2. The average molecular weight is 198 g/mol. The molecule has 0 heterocycles. The van der Waals surface area contributed by atoms with E-state index in [1.54, 1.807) is 18.2 Å². The van der Waals surface area contributed by atoms with Gasteiger partial charge in [0.1, 0.15) is 12.0 Å². The Kier molecular flexibility index (Phi) is 3.55. The highest BCUT2D eigenvalue weighted by Gasteiger charge is 2.03. The Morgan fingerprint density at radius 2 is 2.29 bits per heavy atom. The number of benzene rings is 1. The molecule has 1 rings (SSSR count). The van der Waals surface area contributed by atoms with E-state index >= 15 is 0 Å². The minimum absolute atomic E-state index is 0.355. The van der Waals surface area contributed by atoms with Crippen molar-refractivity contribution in [2.75, 3.05) is 24.8 Å². The molecule has 0 amide bonds. The number of hydrogen-bond acceptors (Lipinski definition) is 5. The predicted molar refractivity (Wildman–Crippen MR) is 54.1 cm³/mol. The lowest BCUT2D eigenvalue weighted by molar-refractivity contribution is 0.117. The topological polar surface area (TPSA) is 87.7 Å². The fraction of sp³-hybridized carbons (Fsp3) is 0.333. The maximum Gasteiger partial charge on any atom is 0.147 e. The van der Waals surface area contributed by atoms with Gasteiger partial charge in [0.2, 0.25) is 0 Å². The third-order valence-electron chi connectivity index (χ3n) is 1.74. The van der Waals surface area contributed by atoms with Crippen LogP contribution in [-0.2, 0) is 0 Å². The maximum atomic E-state index is 9.10. The molecule has 5 nitrogen and oxygen atoms in total. The SMILES string of the molecule is COc1ccc(NC(O)CO)cc1N. The van der Waals surface area contributed by atoms with E-state index in [4.69, 9.17) is 20.7 Å². The lowest BCUT2D eigenvalue weighted by Crippen LogP contribution is -2.22. The summed E-state index contributed by atoms with van der Waals surface area (Å²) in [6, 6.07) is 5.01. The second kappa shape index (κ2) is 4.69. The van der Waals surface area contributed by atoms with E-state index in [9.17, 15) is 0 Å². The molecule has 0 fully saturated rings. The first-order valence-corrected chi connectivity index (χ1v) is 4.16. The molecule has 0 aliphatic heterocycles. The van der Waals surface area contributed by atoms with E-state index in [-0.39, 0.29) is 6.61 Å². The smallest absolute Gasteiger partial charge is 0.147 e. The second-order valence-electron chi connectivity index (χ2n) is 2.80. The highest BCUT2D eigenvalue weighted by atomic mass is 16.5. The van der Waals surface area contributed by atoms with Gasteiger partial charge in [0.15, 0.2) is 0 Å². The van der Waals surface area contributed by atoms with Crippen LogP contribution in [0.15, 0.2) is 18.2 Å². The number of methoxy groups -OCH3 is 1. The molecule has 0 saturated carbocycles. The molecule has 0 aliphatic rings. The van der Waals surface area contributed by atoms with Crippen LogP contribution in [0.2, 0.25) is 0 Å². The molecule has 1 unspecified atom stereocenters. The van der Waals surface area contributed by atoms with Gasteiger partial charge in [0.25, 0.3) is 0 Å². The van der Waals surface area contributed by atoms with Gasteiger partial charge in [-0.05, 0) is 18.2 Å². The van der Waals surface area contributed by atoms with Crippen molar-refractivity contribution in [2.45, 2.75) is 6.23 Å². The Morgan fingerprint density at radius 1 is 1.57 bits per heavy atom. The Balaban J connectivity index is 2.76. The zero-order valence-electron chi connectivity index (χ0n) is 7.90. The van der Waals surface area contributed by atoms with Crippen molar-refractivity contribution in [1.82, 2.24) is 0 Å². The van der Waals surface area contributed by atoms with Gasteiger partial charge in [0.05, 0.1) is 19.4 Å². The van der Waals surface area contributed by atoms with Crippen LogP contribution in [0, 0.1) is 0 Å². The molecule has 1 aromatic rings. The number of hydrogen-bond donors (Lipinski definition) is 4. The van der Waals surface area contributed by atoms with Crippen molar-refractivity contribution in [3.05, 3.63) is 18.2 Å². The summed E-state index contributed by atoms with van der Waals surface area (Å²) in [4.78, 5) is 0. The Morgan fingerprint density at radius 3 is 2.79 bits per heavy atom. The Hall–Kier alpha value is -1.46. The molecule has 14 heavy (non-hydrogen) atoms. The second-order valence-corrected chi connectivity index (χ2v) is 2.80. The summed E-state index contributed by atoms with van der Waals surface area (Å²) < 4.78 is 4.97. The zero-order chi connectivity index (χ0) is 10.6. The van der Waals surface area contributed by atoms with Crippen molar-refractivity contribution < 1.29 is 14.9 Å². The number of nitrogens with one attached hydrogen (secondary N) is 1. The minimum Gasteiger partial charge on any atom is -0.495 e. The van der Waals surface area contributed by atoms with Crippen LogP contribution >= 0.6 is 0 Å². The first kappa shape index (κ1) is 10.6. The van der Waals surface area contributed by atoms with Gasteiger partial charge in [-0.2, -0.15) is 0 Å². The quantitative estimate of drug-likeness (QED) is 0.404. The van der Waals surface area contributed by atoms with Gasteiger partial charge in [-0.3, -0.25) is 0 Å². The molecule has 0 bridgehead atoms. The third-order valence-corrected chi connectivity index (χ3v) is 1.74. The summed E-state index contributed by atoms with van der Waals surface area (Å²) in [6.45, 7) is -0.355. The van der Waals surface area contributed by atoms with Gasteiger partial charge in [-0.25, -0.2) is 0 Å². The van der Waals surface area contributed by atoms with E-state index < -0.39 is 6.23 Å². The van der Waals surface area contributed by atoms with Crippen molar-refractivity contribution in [3.8, 4) is 5.75 Å². The molecular formula is C9H14N2O3. The summed E-state index contributed by atoms with van der Waals surface area (Å²) in [5.41, 5.74) is 6.74. The van der Waals surface area contributed by atoms with Crippen molar-refractivity contribution in [2.24, 2.45) is 0 Å². The van der Waals surface area contributed by atoms with E-state index in [0.717, 1.165) is 0 Å². The van der Waals surface area contributed by atoms with Crippen LogP contribution in [0.25, 0.3) is 0 Å². The zero-order valence-corrected chi connectivity index (χ0v) is 7.90. The van der Waals surface area contributed by atoms with E-state index in [1.165, 1.54) is 7.11 Å². The van der Waals surface area contributed by atoms with Gasteiger partial charge in [-0.15, -0.1) is 0 Å². The van der Waals surface area contributed by atoms with Crippen molar-refractivity contribution in [3.63, 3.8) is 0 Å². The Bertz CT molecular complexity index is 304. The average Bonchev–Trinajstić information content (AvgIpc) is 2.18. The van der Waals surface area contributed by atoms with E-state index in [2.05, 4.69) is 5.32 Å². The Labute approximate surface area is 82.1 Å². The molecule has 0 aromatic heterocycles. The van der Waals surface area contributed by atoms with Crippen LogP contribution in [0.5, 0.6) is 5.75 Å². The third kappa shape index (κ3) is 2.51. The maximum absolute atomic E-state index is 9.10. The molecule has 1 aromatic carbocycles. The first-order valence-electron chi connectivity index (χ1n) is 4.16. The monoisotopic (exact) mass is 198 g/mol. The molecule has 5 heteroatoms. The van der Waals surface area contributed by atoms with Gasteiger partial charge >= 0.3 is 0 Å². The molecule has 1 atom stereocenters. The number of ether oxygens (including phenoxy) is 1. The summed E-state index contributed by atoms with van der Waals surface area (Å²) in [7, 11) is 1.53. The summed E-state index contributed by atoms with van der Waals surface area (Å²) in [5.74, 6) is 0.578. The number of nitrogens with two attached hydrogens (primary N) is 1. The molecule has 0 aliphatic carbocycles. The first-order chi connectivity index (χ1) is 6.67. The lowest BCUT2D eigenvalue weighted by Gasteiger charge is -2.12. The number of anilines is 2. The molecule has 0 spiro atoms. The summed E-state index contributed by atoms with van der Waals surface area (Å²) in [5, 5.41) is 20.3. The summed E-state index contributed by atoms with van der Waals surface area (Å²) >= 11 is 0. The molecule has 5 N–H and O–H groups in total. The fourth-order valence-electron chi connectivity index (χ4n) is 1.06. The van der Waals surface area contributed by atoms with Crippen LogP contribution in [0.4, 0.5) is 11.4 Å². The summed E-state index contributed by atoms with van der Waals surface area (Å²) in [6.07, 6.45) is -0.984. The van der Waals surface area contributed by atoms with E-state index in [0.29, 0.717) is 17.1 Å². The molecule has 0 radical (unpaired) electrons. The van der Waals surface area contributed by atoms with Crippen LogP contribution in [0.1, 0.15) is 0 Å². The fourth-order valence-corrected chi connectivity index (χ4v) is 1.06. The standard InChI is InChI=1S/C9H14N2O3/c1-14-8-3-2-6(4-7(8)10)11-9(13)5-12/h2-4,9,11-13H,5,10H2,1H3. The number of rotatable bonds is 4. The van der Waals surface area contributed by atoms with Crippen molar-refractivity contribution in [1.29, 1.82) is 0 Å². The van der Waals surface area contributed by atoms with Gasteiger partial charge < -0.3 is 26.0 Å². The molecule has 78 valence electrons. The number of aliphatic hydroxyl groups is 2. The van der Waals surface area contributed by atoms with Gasteiger partial charge in [0, 0.05) is 5.69 Å². The number of nitrogen functional groups attached to an aromatic ring is 1. The molecular weight excluding hydrogens is 184 g/mol. The highest BCUT2D eigenvalue weighted by molar-refractivity contribution is 5.62. The van der Waals surface area contributed by atoms with Crippen LogP contribution in [-0.4, -0.2) is 30.2 Å². The minimum atomic E-state index is -0.984. The van der Waals surface area contributed by atoms with Crippen LogP contribution in [0.3, 0.4) is 0 Å². The normalized spacial score (nSPS) is 12.2. The lowest BCUT2D eigenvalue weighted by atomic mass is 10.2.